The van der Waals surface area contributed by atoms with Gasteiger partial charge in [-0.2, -0.15) is 4.39 Å². The maximum absolute atomic E-state index is 12.0. The van der Waals surface area contributed by atoms with Crippen LogP contribution in [0, 0.1) is 29.6 Å². The molecule has 6 aliphatic heterocycles. The molecule has 0 atom stereocenters. The normalized spacial score (nSPS) is 16.0. The van der Waals surface area contributed by atoms with E-state index in [9.17, 15) is 23.6 Å². The number of hydrogen-bond donors (Lipinski definition) is 2. The summed E-state index contributed by atoms with van der Waals surface area (Å²) in [4.78, 5) is 80.9. The lowest BCUT2D eigenvalue weighted by Crippen LogP contribution is -2.40. The Morgan fingerprint density at radius 1 is 0.487 bits per heavy atom. The molecule has 6 saturated heterocycles. The first-order chi connectivity index (χ1) is 54.0. The molecule has 4 N–H and O–H groups in total. The van der Waals surface area contributed by atoms with E-state index in [0.29, 0.717) is 41.1 Å². The number of carbonyl (C=O) groups excluding carboxylic acids is 4. The van der Waals surface area contributed by atoms with Gasteiger partial charge >= 0.3 is 0 Å². The lowest BCUT2D eigenvalue weighted by atomic mass is 9.91. The number of halogens is 6. The molecule has 6 aliphatic rings. The van der Waals surface area contributed by atoms with Gasteiger partial charge in [0.15, 0.2) is 23.0 Å². The second-order valence-electron chi connectivity index (χ2n) is 29.5. The summed E-state index contributed by atoms with van der Waals surface area (Å²) in [5, 5.41) is 0. The second-order valence-corrected chi connectivity index (χ2v) is 32.3. The monoisotopic (exact) mass is 1890 g/mol. The van der Waals surface area contributed by atoms with Gasteiger partial charge in [-0.05, 0) is 248 Å². The van der Waals surface area contributed by atoms with Gasteiger partial charge in [0.1, 0.15) is 11.6 Å². The van der Waals surface area contributed by atoms with Gasteiger partial charge in [0.25, 0.3) is 0 Å². The van der Waals surface area contributed by atoms with E-state index >= 15 is 0 Å². The van der Waals surface area contributed by atoms with Crippen LogP contribution in [-0.2, 0) is 32.0 Å². The fraction of sp³-hybridized carbons (Fsp3) is 0.576. The summed E-state index contributed by atoms with van der Waals surface area (Å²) in [6, 6.07) is 27.0. The highest BCUT2D eigenvalue weighted by molar-refractivity contribution is 14.1. The van der Waals surface area contributed by atoms with Gasteiger partial charge in [0, 0.05) is 182 Å². The Bertz CT molecular complexity index is 3700. The Kier molecular flexibility index (Phi) is 47.1. The summed E-state index contributed by atoms with van der Waals surface area (Å²) >= 11 is 12.2. The number of nitrogens with two attached hydrogens (primary N) is 2. The van der Waals surface area contributed by atoms with Crippen molar-refractivity contribution < 1.29 is 42.5 Å². The molecule has 2 aromatic carbocycles. The number of ether oxygens (including phenoxy) is 4. The fourth-order valence-electron chi connectivity index (χ4n) is 14.5. The van der Waals surface area contributed by atoms with Gasteiger partial charge < -0.3 is 69.6 Å². The van der Waals surface area contributed by atoms with Gasteiger partial charge in [-0.3, -0.25) is 24.2 Å². The third kappa shape index (κ3) is 37.3. The predicted molar refractivity (Wildman–Crippen MR) is 476 cm³/mol. The van der Waals surface area contributed by atoms with E-state index in [1.807, 2.05) is 85.6 Å². The smallest absolute Gasteiger partial charge is 0.219 e. The van der Waals surface area contributed by atoms with Crippen LogP contribution in [0.5, 0.6) is 23.0 Å². The van der Waals surface area contributed by atoms with E-state index in [-0.39, 0.29) is 36.0 Å². The number of anilines is 3. The second kappa shape index (κ2) is 54.7. The average molecular weight is 1890 g/mol. The number of likely N-dealkylation sites (tertiary alicyclic amines) is 6. The average Bonchev–Trinajstić information content (AvgIpc) is 1.21. The SMILES string of the molecule is CC(=O)N1CCC(CCc2cc(Br)ccn2)CC1.CC(=O)N1CCC(CN(C)c2cc(Br)ccn2)CC1.CC(=O)N1CCC(CN)CC1.CI.COc1ccc(Cc2ccnc(N(C)CC3CCN(C(C)=O)CC3)c2)cc1OCCCN1CCCC1.COc1ccc(N)cc1OCCCN1CCCC1.Cl.Fc1cc(Br)ccn1. The minimum absolute atomic E-state index is 0. The lowest BCUT2D eigenvalue weighted by Gasteiger charge is -2.33. The molecule has 4 amide bonds. The molecular weight excluding hydrogens is 1770 g/mol. The molecule has 22 nitrogen and oxygen atoms in total. The van der Waals surface area contributed by atoms with E-state index in [4.69, 9.17) is 30.4 Å². The molecule has 0 radical (unpaired) electrons. The van der Waals surface area contributed by atoms with Gasteiger partial charge in [-0.1, -0.05) is 76.4 Å². The van der Waals surface area contributed by atoms with Gasteiger partial charge in [-0.15, -0.1) is 12.4 Å². The number of alkyl halides is 1. The number of piperidine rings is 4. The van der Waals surface area contributed by atoms with Crippen molar-refractivity contribution in [3.05, 3.63) is 146 Å². The lowest BCUT2D eigenvalue weighted by molar-refractivity contribution is -0.131. The molecule has 0 unspecified atom stereocenters. The first kappa shape index (κ1) is 97.4. The highest BCUT2D eigenvalue weighted by atomic mass is 127. The Morgan fingerprint density at radius 2 is 0.876 bits per heavy atom. The van der Waals surface area contributed by atoms with Crippen molar-refractivity contribution in [2.24, 2.45) is 29.4 Å². The molecule has 28 heteroatoms. The number of nitrogens with zero attached hydrogens (tertiary/aromatic N) is 12. The zero-order valence-corrected chi connectivity index (χ0v) is 76.0. The van der Waals surface area contributed by atoms with Crippen LogP contribution in [0.2, 0.25) is 0 Å². The number of carbonyl (C=O) groups is 4. The minimum Gasteiger partial charge on any atom is -0.493 e. The Hall–Kier alpha value is -6.21. The molecule has 0 bridgehead atoms. The molecule has 0 spiro atoms. The van der Waals surface area contributed by atoms with Crippen LogP contribution >= 0.6 is 82.8 Å². The van der Waals surface area contributed by atoms with Crippen molar-refractivity contribution in [1.29, 1.82) is 0 Å². The first-order valence-electron chi connectivity index (χ1n) is 39.8. The van der Waals surface area contributed by atoms with E-state index in [2.05, 4.69) is 154 Å². The summed E-state index contributed by atoms with van der Waals surface area (Å²) in [6.07, 6.45) is 26.1. The summed E-state index contributed by atoms with van der Waals surface area (Å²) in [7, 11) is 7.53. The van der Waals surface area contributed by atoms with Crippen LogP contribution in [0.25, 0.3) is 0 Å². The molecule has 6 fully saturated rings. The Labute approximate surface area is 718 Å². The molecule has 113 heavy (non-hydrogen) atoms. The molecule has 0 saturated carbocycles. The third-order valence-electron chi connectivity index (χ3n) is 21.2. The Balaban J connectivity index is 0.000000256. The molecule has 10 heterocycles. The molecule has 6 aromatic rings. The quantitative estimate of drug-likeness (QED) is 0.0188. The van der Waals surface area contributed by atoms with Crippen molar-refractivity contribution in [2.75, 3.05) is 173 Å². The van der Waals surface area contributed by atoms with Crippen LogP contribution < -0.4 is 40.2 Å². The van der Waals surface area contributed by atoms with Crippen LogP contribution in [0.1, 0.15) is 141 Å². The van der Waals surface area contributed by atoms with Crippen molar-refractivity contribution in [3.63, 3.8) is 0 Å². The molecule has 12 rings (SSSR count). The zero-order valence-electron chi connectivity index (χ0n) is 68.2. The van der Waals surface area contributed by atoms with Gasteiger partial charge in [0.05, 0.1) is 27.4 Å². The summed E-state index contributed by atoms with van der Waals surface area (Å²) in [5.41, 5.74) is 15.5. The van der Waals surface area contributed by atoms with E-state index in [0.717, 1.165) is 217 Å². The predicted octanol–water partition coefficient (Wildman–Crippen LogP) is 15.6. The summed E-state index contributed by atoms with van der Waals surface area (Å²) < 4.78 is 37.6. The van der Waals surface area contributed by atoms with Crippen LogP contribution in [0.3, 0.4) is 0 Å². The van der Waals surface area contributed by atoms with Crippen LogP contribution in [-0.4, -0.2) is 231 Å². The summed E-state index contributed by atoms with van der Waals surface area (Å²) in [6.45, 7) is 25.0. The topological polar surface area (TPSA) is 235 Å². The van der Waals surface area contributed by atoms with E-state index in [1.165, 1.54) is 81.7 Å². The minimum atomic E-state index is -0.459. The molecule has 626 valence electrons. The molecule has 0 aliphatic carbocycles. The van der Waals surface area contributed by atoms with Crippen molar-refractivity contribution in [1.82, 2.24) is 49.3 Å². The number of nitrogen functional groups attached to an aromatic ring is 1. The van der Waals surface area contributed by atoms with Crippen molar-refractivity contribution in [2.45, 2.75) is 137 Å². The molecular formula is C85H126Br3ClFIN14O8. The van der Waals surface area contributed by atoms with E-state index < -0.39 is 5.95 Å². The first-order valence-corrected chi connectivity index (χ1v) is 44.4. The number of hydrogen-bond acceptors (Lipinski definition) is 18. The maximum Gasteiger partial charge on any atom is 0.219 e. The highest BCUT2D eigenvalue weighted by Crippen LogP contribution is 2.32. The van der Waals surface area contributed by atoms with Crippen LogP contribution in [0.4, 0.5) is 21.7 Å². The zero-order chi connectivity index (χ0) is 81.2. The van der Waals surface area contributed by atoms with Crippen molar-refractivity contribution in [3.8, 4) is 23.0 Å². The van der Waals surface area contributed by atoms with Crippen LogP contribution in [0.15, 0.2) is 123 Å². The third-order valence-corrected chi connectivity index (χ3v) is 22.7. The molecule has 4 aromatic heterocycles. The number of pyridine rings is 4. The number of benzene rings is 2. The van der Waals surface area contributed by atoms with E-state index in [1.54, 1.807) is 48.0 Å². The number of aryl methyl sites for hydroxylation is 1. The van der Waals surface area contributed by atoms with Crippen molar-refractivity contribution >= 4 is 124 Å². The highest BCUT2D eigenvalue weighted by Gasteiger charge is 2.26. The van der Waals surface area contributed by atoms with Gasteiger partial charge in [-0.25, -0.2) is 15.0 Å². The fourth-order valence-corrected chi connectivity index (χ4v) is 15.5. The standard InChI is InChI=1S/C29H42N4O3.C14H20BrN3O.C14H19BrN2O.C14H22N2O2.C8H16N2O.C5H3BrFN.CH3I.ClH/c1-23(34)33-16-10-24(11-17-33)22-31(2)29-21-26(9-12-30-29)19-25-7-8-27(35-3)28(20-25)36-18-6-15-32-13-4-5-14-32;1-11(19)18-7-4-12(5-8-18)10-17(2)14-9-13(15)3-6-16-14;1-11(18)17-8-5-12(6-9-17)2-3-14-10-13(15)4-7-16-14;1-17-13-6-5-12(15)11-14(13)18-10-4-9-16-7-2-3-8-16;1-7(11)10-4-2-8(6-9)3-5-10;6-4-1-2-8-5(7)3-4;1-2;/h7-9,12,20-21,24H,4-6,10-11,13-19,22H2,1-3H3;3,6,9,12H,4-5,7-8,10H2,1-2H3;4,7,10,12H,2-3,5-6,8-9H2,1H3;5-6,11H,2-4,7-10,15H2,1H3;8H,2-6,9H2,1H3;1-3H;1H3;1H. The number of aromatic nitrogens is 4. The Morgan fingerprint density at radius 3 is 1.29 bits per heavy atom. The maximum atomic E-state index is 12.0. The summed E-state index contributed by atoms with van der Waals surface area (Å²) in [5.74, 6) is 8.00. The number of methoxy groups -OCH3 is 2. The number of amides is 4. The largest absolute Gasteiger partial charge is 0.493 e. The number of rotatable bonds is 24. The van der Waals surface area contributed by atoms with Gasteiger partial charge in [0.2, 0.25) is 29.6 Å².